The molecule has 0 aliphatic heterocycles. The van der Waals surface area contributed by atoms with Crippen molar-refractivity contribution < 1.29 is 124 Å². The predicted molar refractivity (Wildman–Crippen MR) is 0 cm³/mol. The van der Waals surface area contributed by atoms with Crippen molar-refractivity contribution in [3.05, 3.63) is 0 Å². The molecule has 0 rings (SSSR count). The molecule has 0 aliphatic rings. The Balaban J connectivity index is 0. The van der Waals surface area contributed by atoms with Crippen molar-refractivity contribution in [3.63, 3.8) is 0 Å². The molecule has 0 amide bonds. The molecule has 5 radical (unpaired) electrons. The maximum absolute atomic E-state index is 0. The Morgan fingerprint density at radius 3 is 0.333 bits per heavy atom. The summed E-state index contributed by atoms with van der Waals surface area (Å²) in [6, 6.07) is 0. The minimum Gasteiger partial charge on any atom is 0 e. The maximum Gasteiger partial charge on any atom is 0 e. The summed E-state index contributed by atoms with van der Waals surface area (Å²) in [5.74, 6) is 0. The third kappa shape index (κ3) is 24.8. The molecule has 0 fully saturated rings. The van der Waals surface area contributed by atoms with Crippen LogP contribution in [0.3, 0.4) is 0 Å². The topological polar surface area (TPSA) is 0 Å². The summed E-state index contributed by atoms with van der Waals surface area (Å²) >= 11 is 0. The van der Waals surface area contributed by atoms with E-state index in [1.807, 2.05) is 0 Å². The van der Waals surface area contributed by atoms with Gasteiger partial charge in [0.2, 0.25) is 0 Å². The van der Waals surface area contributed by atoms with E-state index in [0.29, 0.717) is 0 Å². The Hall–Kier alpha value is 3.86. The van der Waals surface area contributed by atoms with E-state index in [-0.39, 0.29) is 124 Å². The van der Waals surface area contributed by atoms with E-state index in [1.165, 1.54) is 0 Å². The van der Waals surface area contributed by atoms with Gasteiger partial charge >= 0.3 is 0 Å². The number of hydrogen-bond donors (Lipinski definition) is 0. The van der Waals surface area contributed by atoms with Gasteiger partial charge < -0.3 is 0 Å². The van der Waals surface area contributed by atoms with E-state index in [9.17, 15) is 0 Å². The molecular formula is Co5Th. The van der Waals surface area contributed by atoms with Gasteiger partial charge in [0.25, 0.3) is 0 Å². The van der Waals surface area contributed by atoms with Crippen LogP contribution in [-0.2, 0) is 83.9 Å². The molecule has 0 heterocycles. The summed E-state index contributed by atoms with van der Waals surface area (Å²) in [5, 5.41) is 0. The fourth-order valence-corrected chi connectivity index (χ4v) is 0. The van der Waals surface area contributed by atoms with E-state index in [1.54, 1.807) is 0 Å². The summed E-state index contributed by atoms with van der Waals surface area (Å²) in [6.07, 6.45) is 0. The summed E-state index contributed by atoms with van der Waals surface area (Å²) in [7, 11) is 0. The average Bonchev–Trinajstić information content (AvgIpc) is 0. The van der Waals surface area contributed by atoms with Gasteiger partial charge in [0.1, 0.15) is 0 Å². The Bertz CT molecular complexity index is 3.90. The van der Waals surface area contributed by atoms with Crippen LogP contribution in [0.1, 0.15) is 0 Å². The first kappa shape index (κ1) is 52.0. The van der Waals surface area contributed by atoms with Gasteiger partial charge in [-0.25, -0.2) is 0 Å². The molecular weight excluding hydrogens is 527 g/mol. The largest absolute Gasteiger partial charge is 0 e. The molecule has 0 N–H and O–H groups in total. The Morgan fingerprint density at radius 2 is 0.333 bits per heavy atom. The quantitative estimate of drug-likeness (QED) is 0.417. The van der Waals surface area contributed by atoms with Crippen LogP contribution in [0.4, 0.5) is 0 Å². The number of hydrogen-bond acceptors (Lipinski definition) is 0. The minimum absolute atomic E-state index is 0. The molecule has 0 saturated carbocycles. The molecule has 0 saturated heterocycles. The summed E-state index contributed by atoms with van der Waals surface area (Å²) in [6.45, 7) is 0. The zero-order valence-corrected chi connectivity index (χ0v) is 11.5. The van der Waals surface area contributed by atoms with Crippen LogP contribution in [0.25, 0.3) is 0 Å². The molecule has 0 aromatic heterocycles. The van der Waals surface area contributed by atoms with Crippen molar-refractivity contribution in [2.24, 2.45) is 0 Å². The molecule has 0 aliphatic carbocycles. The molecule has 49 valence electrons. The van der Waals surface area contributed by atoms with E-state index < -0.39 is 0 Å². The predicted octanol–water partition coefficient (Wildman–Crippen LogP) is -0.0125. The van der Waals surface area contributed by atoms with Crippen molar-refractivity contribution in [1.82, 2.24) is 0 Å². The van der Waals surface area contributed by atoms with Crippen LogP contribution >= 0.6 is 0 Å². The van der Waals surface area contributed by atoms with Gasteiger partial charge in [-0.1, -0.05) is 0 Å². The summed E-state index contributed by atoms with van der Waals surface area (Å²) < 4.78 is 0. The fraction of sp³-hybridized carbons (Fsp3) is 0. The van der Waals surface area contributed by atoms with Gasteiger partial charge in [-0.15, -0.1) is 0 Å². The Kier molecular flexibility index (Phi) is 318. The van der Waals surface area contributed by atoms with Crippen molar-refractivity contribution >= 4 is 0 Å². The molecule has 6 heavy (non-hydrogen) atoms. The van der Waals surface area contributed by atoms with E-state index in [4.69, 9.17) is 0 Å². The van der Waals surface area contributed by atoms with Gasteiger partial charge in [0.05, 0.1) is 0 Å². The third-order valence-electron chi connectivity index (χ3n) is 0. The third-order valence-corrected chi connectivity index (χ3v) is 0. The van der Waals surface area contributed by atoms with Gasteiger partial charge in [0.15, 0.2) is 0 Å². The van der Waals surface area contributed by atoms with Crippen LogP contribution in [0, 0.1) is 39.9 Å². The summed E-state index contributed by atoms with van der Waals surface area (Å²) in [4.78, 5) is 0. The molecule has 0 atom stereocenters. The van der Waals surface area contributed by atoms with Gasteiger partial charge in [-0.2, -0.15) is 0 Å². The minimum atomic E-state index is 0. The first-order valence-corrected chi connectivity index (χ1v) is 0. The van der Waals surface area contributed by atoms with E-state index in [0.717, 1.165) is 0 Å². The molecule has 0 nitrogen and oxygen atoms in total. The second-order valence-electron chi connectivity index (χ2n) is 0. The van der Waals surface area contributed by atoms with Crippen molar-refractivity contribution in [2.45, 2.75) is 0 Å². The summed E-state index contributed by atoms with van der Waals surface area (Å²) in [5.41, 5.74) is 0. The van der Waals surface area contributed by atoms with Crippen LogP contribution < -0.4 is 0 Å². The van der Waals surface area contributed by atoms with Crippen molar-refractivity contribution in [2.75, 3.05) is 0 Å². The van der Waals surface area contributed by atoms with Crippen LogP contribution in [-0.4, -0.2) is 0 Å². The van der Waals surface area contributed by atoms with Gasteiger partial charge in [0, 0.05) is 124 Å². The van der Waals surface area contributed by atoms with Crippen molar-refractivity contribution in [3.8, 4) is 0 Å². The Morgan fingerprint density at radius 1 is 0.333 bits per heavy atom. The molecule has 0 spiro atoms. The Labute approximate surface area is 121 Å². The second kappa shape index (κ2) is 36.8. The van der Waals surface area contributed by atoms with Crippen LogP contribution in [0.5, 0.6) is 0 Å². The standard InChI is InChI=1S/5Co.Th. The zero-order valence-electron chi connectivity index (χ0n) is 2.17. The normalized spacial score (nSPS) is 0. The maximum atomic E-state index is 0. The molecule has 0 aromatic carbocycles. The first-order chi connectivity index (χ1) is 0. The number of rotatable bonds is 0. The second-order valence-corrected chi connectivity index (χ2v) is 0. The average molecular weight is 527 g/mol. The molecule has 0 bridgehead atoms. The van der Waals surface area contributed by atoms with Gasteiger partial charge in [-0.3, -0.25) is 0 Å². The molecule has 0 aromatic rings. The molecule has 0 unspecified atom stereocenters. The van der Waals surface area contributed by atoms with E-state index in [2.05, 4.69) is 0 Å². The van der Waals surface area contributed by atoms with Crippen LogP contribution in [0.15, 0.2) is 0 Å². The first-order valence-electron chi connectivity index (χ1n) is 0. The fourth-order valence-electron chi connectivity index (χ4n) is 0. The molecule has 6 heteroatoms. The van der Waals surface area contributed by atoms with Gasteiger partial charge in [-0.05, 0) is 0 Å². The SMILES string of the molecule is [Co].[Co].[Co].[Co].[Co].[Th]. The smallest absolute Gasteiger partial charge is 0 e. The van der Waals surface area contributed by atoms with E-state index >= 15 is 0 Å². The monoisotopic (exact) mass is 527 g/mol. The van der Waals surface area contributed by atoms with Crippen LogP contribution in [0.2, 0.25) is 0 Å². The van der Waals surface area contributed by atoms with Crippen molar-refractivity contribution in [1.29, 1.82) is 0 Å². The zero-order chi connectivity index (χ0) is 0.